The molecular weight excluding hydrogens is 386 g/mol. The zero-order chi connectivity index (χ0) is 21.8. The molecule has 1 atom stereocenters. The molecule has 1 aromatic heterocycles. The molecule has 1 heterocycles. The molecule has 162 valence electrons. The van der Waals surface area contributed by atoms with Crippen LogP contribution in [0.4, 0.5) is 0 Å². The summed E-state index contributed by atoms with van der Waals surface area (Å²) in [5.41, 5.74) is 2.10. The van der Waals surface area contributed by atoms with E-state index >= 15 is 0 Å². The zero-order valence-corrected chi connectivity index (χ0v) is 19.5. The molecule has 0 amide bonds. The second kappa shape index (κ2) is 9.76. The number of hydrogen-bond donors (Lipinski definition) is 0. The van der Waals surface area contributed by atoms with Crippen LogP contribution in [0.25, 0.3) is 0 Å². The highest BCUT2D eigenvalue weighted by molar-refractivity contribution is 7.91. The van der Waals surface area contributed by atoms with E-state index in [4.69, 9.17) is 4.74 Å². The van der Waals surface area contributed by atoms with Crippen LogP contribution >= 0.6 is 0 Å². The zero-order valence-electron chi connectivity index (χ0n) is 18.7. The van der Waals surface area contributed by atoms with Crippen LogP contribution < -0.4 is 4.74 Å². The number of nitrogens with zero attached hydrogens (tertiary/aromatic N) is 3. The number of rotatable bonds is 10. The molecule has 0 spiro atoms. The Labute approximate surface area is 175 Å². The van der Waals surface area contributed by atoms with E-state index in [9.17, 15) is 8.42 Å². The molecule has 1 aromatic carbocycles. The molecule has 0 radical (unpaired) electrons. The van der Waals surface area contributed by atoms with Gasteiger partial charge in [-0.25, -0.2) is 13.4 Å². The lowest BCUT2D eigenvalue weighted by Gasteiger charge is -2.26. The lowest BCUT2D eigenvalue weighted by molar-refractivity contribution is 0.244. The van der Waals surface area contributed by atoms with Crippen molar-refractivity contribution in [2.75, 3.05) is 14.2 Å². The first kappa shape index (κ1) is 23.4. The number of hydrogen-bond acceptors (Lipinski definition) is 5. The van der Waals surface area contributed by atoms with Crippen LogP contribution in [0.3, 0.4) is 0 Å². The van der Waals surface area contributed by atoms with Crippen molar-refractivity contribution in [3.05, 3.63) is 41.7 Å². The van der Waals surface area contributed by atoms with Gasteiger partial charge in [0.1, 0.15) is 5.75 Å². The second-order valence-corrected chi connectivity index (χ2v) is 10.7. The highest BCUT2D eigenvalue weighted by Gasteiger charge is 2.27. The lowest BCUT2D eigenvalue weighted by Crippen LogP contribution is -2.25. The molecule has 6 nitrogen and oxygen atoms in total. The van der Waals surface area contributed by atoms with Gasteiger partial charge in [0.25, 0.3) is 0 Å². The summed E-state index contributed by atoms with van der Waals surface area (Å²) in [7, 11) is 0.274. The van der Waals surface area contributed by atoms with Crippen LogP contribution in [0.1, 0.15) is 58.3 Å². The van der Waals surface area contributed by atoms with Crippen molar-refractivity contribution in [1.82, 2.24) is 14.5 Å². The van der Waals surface area contributed by atoms with Gasteiger partial charge in [0.05, 0.1) is 24.3 Å². The normalized spacial score (nSPS) is 13.4. The van der Waals surface area contributed by atoms with Crippen molar-refractivity contribution in [3.8, 4) is 5.75 Å². The fourth-order valence-corrected chi connectivity index (χ4v) is 4.25. The highest BCUT2D eigenvalue weighted by Crippen LogP contribution is 2.25. The minimum Gasteiger partial charge on any atom is -0.497 e. The molecule has 0 unspecified atom stereocenters. The van der Waals surface area contributed by atoms with Gasteiger partial charge in [0.15, 0.2) is 0 Å². The molecule has 0 saturated carbocycles. The van der Waals surface area contributed by atoms with Crippen molar-refractivity contribution in [3.63, 3.8) is 0 Å². The highest BCUT2D eigenvalue weighted by atomic mass is 32.2. The fourth-order valence-electron chi connectivity index (χ4n) is 3.11. The van der Waals surface area contributed by atoms with Crippen LogP contribution in [-0.4, -0.2) is 42.3 Å². The summed E-state index contributed by atoms with van der Waals surface area (Å²) in [5, 5.41) is -0.305. The monoisotopic (exact) mass is 421 g/mol. The van der Waals surface area contributed by atoms with Gasteiger partial charge in [-0.15, -0.1) is 0 Å². The van der Waals surface area contributed by atoms with Crippen LogP contribution in [0.2, 0.25) is 0 Å². The first-order chi connectivity index (χ1) is 13.6. The Hall–Kier alpha value is -1.86. The second-order valence-electron chi connectivity index (χ2n) is 8.32. The SMILES string of the molecule is COc1ccc([C@@H](C)N(C)Cc2cnc(S(=O)(=O)C(C)C)n2CCC(C)C)cc1. The quantitative estimate of drug-likeness (QED) is 0.572. The maximum atomic E-state index is 12.8. The Morgan fingerprint density at radius 1 is 1.10 bits per heavy atom. The predicted octanol–water partition coefficient (Wildman–Crippen LogP) is 4.31. The van der Waals surface area contributed by atoms with Crippen molar-refractivity contribution in [1.29, 1.82) is 0 Å². The first-order valence-corrected chi connectivity index (χ1v) is 11.7. The van der Waals surface area contributed by atoms with Crippen molar-refractivity contribution >= 4 is 9.84 Å². The average molecular weight is 422 g/mol. The number of benzene rings is 1. The summed E-state index contributed by atoms with van der Waals surface area (Å²) in [6.07, 6.45) is 2.62. The van der Waals surface area contributed by atoms with Gasteiger partial charge < -0.3 is 9.30 Å². The van der Waals surface area contributed by atoms with Gasteiger partial charge in [-0.05, 0) is 57.9 Å². The molecule has 2 rings (SSSR count). The molecule has 0 aliphatic carbocycles. The smallest absolute Gasteiger partial charge is 0.228 e. The third-order valence-corrected chi connectivity index (χ3v) is 7.45. The van der Waals surface area contributed by atoms with Gasteiger partial charge >= 0.3 is 0 Å². The van der Waals surface area contributed by atoms with E-state index < -0.39 is 15.1 Å². The van der Waals surface area contributed by atoms with Gasteiger partial charge in [-0.3, -0.25) is 4.90 Å². The molecule has 0 N–H and O–H groups in total. The maximum Gasteiger partial charge on any atom is 0.228 e. The van der Waals surface area contributed by atoms with Gasteiger partial charge in [-0.2, -0.15) is 0 Å². The number of methoxy groups -OCH3 is 1. The first-order valence-electron chi connectivity index (χ1n) is 10.2. The summed E-state index contributed by atoms with van der Waals surface area (Å²) in [6, 6.07) is 8.20. The summed E-state index contributed by atoms with van der Waals surface area (Å²) < 4.78 is 32.7. The molecule has 7 heteroatoms. The topological polar surface area (TPSA) is 64.4 Å². The summed E-state index contributed by atoms with van der Waals surface area (Å²) in [4.78, 5) is 6.53. The third-order valence-electron chi connectivity index (χ3n) is 5.38. The number of sulfone groups is 1. The van der Waals surface area contributed by atoms with E-state index in [0.29, 0.717) is 19.0 Å². The Morgan fingerprint density at radius 3 is 2.24 bits per heavy atom. The Bertz CT molecular complexity index is 887. The van der Waals surface area contributed by atoms with E-state index in [1.165, 1.54) is 5.56 Å². The van der Waals surface area contributed by atoms with Gasteiger partial charge in [-0.1, -0.05) is 26.0 Å². The minimum absolute atomic E-state index is 0.166. The molecule has 2 aromatic rings. The fraction of sp³-hybridized carbons (Fsp3) is 0.591. The number of imidazole rings is 1. The molecule has 0 saturated heterocycles. The Balaban J connectivity index is 2.29. The lowest BCUT2D eigenvalue weighted by atomic mass is 10.1. The maximum absolute atomic E-state index is 12.8. The van der Waals surface area contributed by atoms with Crippen molar-refractivity contribution in [2.24, 2.45) is 5.92 Å². The molecule has 0 aliphatic heterocycles. The molecular formula is C22H35N3O3S. The van der Waals surface area contributed by atoms with Crippen LogP contribution in [-0.2, 0) is 22.9 Å². The third kappa shape index (κ3) is 5.60. The number of aromatic nitrogens is 2. The molecule has 0 aliphatic rings. The summed E-state index contributed by atoms with van der Waals surface area (Å²) >= 11 is 0. The minimum atomic E-state index is -3.43. The Morgan fingerprint density at radius 2 is 1.72 bits per heavy atom. The van der Waals surface area contributed by atoms with Crippen LogP contribution in [0.5, 0.6) is 5.75 Å². The largest absolute Gasteiger partial charge is 0.497 e. The van der Waals surface area contributed by atoms with E-state index in [-0.39, 0.29) is 11.2 Å². The van der Waals surface area contributed by atoms with Gasteiger partial charge in [0, 0.05) is 19.1 Å². The van der Waals surface area contributed by atoms with Gasteiger partial charge in [0.2, 0.25) is 15.0 Å². The van der Waals surface area contributed by atoms with Crippen molar-refractivity contribution in [2.45, 2.75) is 70.6 Å². The van der Waals surface area contributed by atoms with Crippen molar-refractivity contribution < 1.29 is 13.2 Å². The summed E-state index contributed by atoms with van der Waals surface area (Å²) in [6.45, 7) is 11.1. The van der Waals surface area contributed by atoms with E-state index in [2.05, 4.69) is 42.8 Å². The number of ether oxygens (including phenoxy) is 1. The molecule has 0 bridgehead atoms. The van der Waals surface area contributed by atoms with Crippen LogP contribution in [0, 0.1) is 5.92 Å². The molecule has 0 fully saturated rings. The van der Waals surface area contributed by atoms with E-state index in [1.807, 2.05) is 23.7 Å². The van der Waals surface area contributed by atoms with E-state index in [0.717, 1.165) is 17.9 Å². The molecule has 29 heavy (non-hydrogen) atoms. The van der Waals surface area contributed by atoms with E-state index in [1.54, 1.807) is 27.2 Å². The Kier molecular flexibility index (Phi) is 7.88. The van der Waals surface area contributed by atoms with Crippen LogP contribution in [0.15, 0.2) is 35.6 Å². The predicted molar refractivity (Wildman–Crippen MR) is 117 cm³/mol. The average Bonchev–Trinajstić information content (AvgIpc) is 3.08. The summed E-state index contributed by atoms with van der Waals surface area (Å²) in [5.74, 6) is 1.31. The standard InChI is InChI=1S/C22H35N3O3S/c1-16(2)12-13-25-20(14-23-22(25)29(26,27)17(3)4)15-24(6)18(5)19-8-10-21(28-7)11-9-19/h8-11,14,16-18H,12-13,15H2,1-7H3/t18-/m1/s1.